The molecule has 1 aliphatic carbocycles. The van der Waals surface area contributed by atoms with Crippen molar-refractivity contribution in [3.8, 4) is 0 Å². The van der Waals surface area contributed by atoms with Gasteiger partial charge in [0.05, 0.1) is 12.5 Å². The zero-order valence-corrected chi connectivity index (χ0v) is 16.1. The van der Waals surface area contributed by atoms with E-state index < -0.39 is 0 Å². The number of halogens is 1. The first-order valence-corrected chi connectivity index (χ1v) is 9.28. The van der Waals surface area contributed by atoms with E-state index in [0.717, 1.165) is 23.4 Å². The number of ether oxygens (including phenoxy) is 1. The Balaban J connectivity index is 1.93. The molecule has 0 aliphatic heterocycles. The van der Waals surface area contributed by atoms with Crippen LogP contribution in [0.5, 0.6) is 0 Å². The lowest BCUT2D eigenvalue weighted by Crippen LogP contribution is -2.32. The number of esters is 1. The Bertz CT molecular complexity index is 668. The first-order valence-electron chi connectivity index (χ1n) is 8.90. The number of rotatable bonds is 7. The number of benzene rings is 1. The van der Waals surface area contributed by atoms with Gasteiger partial charge in [-0.1, -0.05) is 55.8 Å². The molecule has 3 atom stereocenters. The fraction of sp³-hybridized carbons (Fsp3) is 0.476. The molecule has 3 unspecified atom stereocenters. The van der Waals surface area contributed by atoms with E-state index in [1.165, 1.54) is 5.57 Å². The number of carbonyl (C=O) groups is 1. The van der Waals surface area contributed by atoms with Crippen LogP contribution < -0.4 is 5.73 Å². The normalized spacial score (nSPS) is 22.2. The van der Waals surface area contributed by atoms with E-state index in [1.807, 2.05) is 32.0 Å². The molecule has 0 fully saturated rings. The third-order valence-electron chi connectivity index (χ3n) is 4.69. The molecule has 0 radical (unpaired) electrons. The van der Waals surface area contributed by atoms with Crippen LogP contribution in [-0.2, 0) is 9.53 Å². The SMILES string of the molecule is CCOC(=O)C(C)CC(N)CC1(C)C=CC(c2cccc(Cl)c2)=CC1. The lowest BCUT2D eigenvalue weighted by molar-refractivity contribution is -0.147. The van der Waals surface area contributed by atoms with Crippen LogP contribution in [0.3, 0.4) is 0 Å². The summed E-state index contributed by atoms with van der Waals surface area (Å²) < 4.78 is 5.06. The van der Waals surface area contributed by atoms with Crippen molar-refractivity contribution in [1.82, 2.24) is 0 Å². The summed E-state index contributed by atoms with van der Waals surface area (Å²) in [5, 5.41) is 0.745. The summed E-state index contributed by atoms with van der Waals surface area (Å²) in [6.45, 7) is 6.33. The average molecular weight is 362 g/mol. The smallest absolute Gasteiger partial charge is 0.308 e. The fourth-order valence-corrected chi connectivity index (χ4v) is 3.51. The second kappa shape index (κ2) is 8.68. The van der Waals surface area contributed by atoms with Crippen molar-refractivity contribution in [1.29, 1.82) is 0 Å². The van der Waals surface area contributed by atoms with Crippen molar-refractivity contribution in [3.63, 3.8) is 0 Å². The van der Waals surface area contributed by atoms with E-state index in [0.29, 0.717) is 13.0 Å². The summed E-state index contributed by atoms with van der Waals surface area (Å²) in [6, 6.07) is 7.86. The zero-order valence-electron chi connectivity index (χ0n) is 15.3. The molecule has 25 heavy (non-hydrogen) atoms. The summed E-state index contributed by atoms with van der Waals surface area (Å²) in [7, 11) is 0. The van der Waals surface area contributed by atoms with Crippen LogP contribution in [0.15, 0.2) is 42.5 Å². The van der Waals surface area contributed by atoms with Crippen molar-refractivity contribution >= 4 is 23.1 Å². The van der Waals surface area contributed by atoms with Gasteiger partial charge in [0, 0.05) is 11.1 Å². The second-order valence-electron chi connectivity index (χ2n) is 7.21. The zero-order chi connectivity index (χ0) is 18.4. The van der Waals surface area contributed by atoms with Crippen molar-refractivity contribution in [2.24, 2.45) is 17.1 Å². The first kappa shape index (κ1) is 19.7. The van der Waals surface area contributed by atoms with Crippen LogP contribution in [0.2, 0.25) is 5.02 Å². The third-order valence-corrected chi connectivity index (χ3v) is 4.92. The molecule has 0 saturated carbocycles. The highest BCUT2D eigenvalue weighted by atomic mass is 35.5. The number of nitrogens with two attached hydrogens (primary N) is 1. The van der Waals surface area contributed by atoms with Gasteiger partial charge < -0.3 is 10.5 Å². The molecule has 1 aromatic carbocycles. The highest BCUT2D eigenvalue weighted by molar-refractivity contribution is 6.30. The molecule has 0 aromatic heterocycles. The molecular formula is C21H28ClNO2. The molecule has 0 bridgehead atoms. The van der Waals surface area contributed by atoms with Gasteiger partial charge in [-0.2, -0.15) is 0 Å². The minimum atomic E-state index is -0.163. The molecule has 3 nitrogen and oxygen atoms in total. The Morgan fingerprint density at radius 3 is 2.80 bits per heavy atom. The molecule has 2 rings (SSSR count). The van der Waals surface area contributed by atoms with Gasteiger partial charge in [-0.05, 0) is 54.9 Å². The maximum absolute atomic E-state index is 11.8. The topological polar surface area (TPSA) is 52.3 Å². The van der Waals surface area contributed by atoms with Gasteiger partial charge >= 0.3 is 5.97 Å². The van der Waals surface area contributed by atoms with Crippen molar-refractivity contribution in [2.45, 2.75) is 46.1 Å². The van der Waals surface area contributed by atoms with Gasteiger partial charge in [-0.25, -0.2) is 0 Å². The Morgan fingerprint density at radius 2 is 2.20 bits per heavy atom. The van der Waals surface area contributed by atoms with Crippen LogP contribution in [0.1, 0.15) is 45.6 Å². The van der Waals surface area contributed by atoms with Crippen LogP contribution in [-0.4, -0.2) is 18.6 Å². The minimum absolute atomic E-state index is 0.00979. The van der Waals surface area contributed by atoms with E-state index >= 15 is 0 Å². The second-order valence-corrected chi connectivity index (χ2v) is 7.65. The number of hydrogen-bond donors (Lipinski definition) is 1. The lowest BCUT2D eigenvalue weighted by Gasteiger charge is -2.31. The number of carbonyl (C=O) groups excluding carboxylic acids is 1. The molecular weight excluding hydrogens is 334 g/mol. The van der Waals surface area contributed by atoms with Crippen LogP contribution in [0.4, 0.5) is 0 Å². The van der Waals surface area contributed by atoms with Gasteiger partial charge in [0.2, 0.25) is 0 Å². The van der Waals surface area contributed by atoms with E-state index in [2.05, 4.69) is 31.2 Å². The predicted octanol–water partition coefficient (Wildman–Crippen LogP) is 5.00. The Morgan fingerprint density at radius 1 is 1.44 bits per heavy atom. The van der Waals surface area contributed by atoms with E-state index in [1.54, 1.807) is 0 Å². The summed E-state index contributed by atoms with van der Waals surface area (Å²) in [5.74, 6) is -0.325. The van der Waals surface area contributed by atoms with Crippen molar-refractivity contribution in [3.05, 3.63) is 53.1 Å². The van der Waals surface area contributed by atoms with E-state index in [4.69, 9.17) is 22.1 Å². The van der Waals surface area contributed by atoms with Crippen molar-refractivity contribution in [2.75, 3.05) is 6.61 Å². The quantitative estimate of drug-likeness (QED) is 0.695. The van der Waals surface area contributed by atoms with Crippen LogP contribution in [0, 0.1) is 11.3 Å². The van der Waals surface area contributed by atoms with Gasteiger partial charge in [-0.3, -0.25) is 4.79 Å². The fourth-order valence-electron chi connectivity index (χ4n) is 3.32. The minimum Gasteiger partial charge on any atom is -0.466 e. The van der Waals surface area contributed by atoms with Gasteiger partial charge in [-0.15, -0.1) is 0 Å². The predicted molar refractivity (Wildman–Crippen MR) is 104 cm³/mol. The van der Waals surface area contributed by atoms with Crippen LogP contribution in [0.25, 0.3) is 5.57 Å². The lowest BCUT2D eigenvalue weighted by atomic mass is 9.75. The summed E-state index contributed by atoms with van der Waals surface area (Å²) in [4.78, 5) is 11.8. The largest absolute Gasteiger partial charge is 0.466 e. The Labute approximate surface area is 155 Å². The maximum Gasteiger partial charge on any atom is 0.308 e. The van der Waals surface area contributed by atoms with Gasteiger partial charge in [0.1, 0.15) is 0 Å². The molecule has 1 aliphatic rings. The molecule has 0 saturated heterocycles. The summed E-state index contributed by atoms with van der Waals surface area (Å²) >= 11 is 6.08. The highest BCUT2D eigenvalue weighted by Gasteiger charge is 2.27. The van der Waals surface area contributed by atoms with Crippen LogP contribution >= 0.6 is 11.6 Å². The molecule has 0 heterocycles. The molecule has 4 heteroatoms. The monoisotopic (exact) mass is 361 g/mol. The Hall–Kier alpha value is -1.58. The molecule has 0 amide bonds. The van der Waals surface area contributed by atoms with E-state index in [9.17, 15) is 4.79 Å². The highest BCUT2D eigenvalue weighted by Crippen LogP contribution is 2.37. The standard InChI is InChI=1S/C21H28ClNO2/c1-4-25-20(24)15(2)12-19(23)14-21(3)10-8-16(9-11-21)17-6-5-7-18(22)13-17/h5-10,13,15,19H,4,11-12,14,23H2,1-3H3. The average Bonchev–Trinajstić information content (AvgIpc) is 2.55. The first-order chi connectivity index (χ1) is 11.8. The summed E-state index contributed by atoms with van der Waals surface area (Å²) in [6.07, 6.45) is 9.04. The number of hydrogen-bond acceptors (Lipinski definition) is 3. The summed E-state index contributed by atoms with van der Waals surface area (Å²) in [5.41, 5.74) is 8.64. The van der Waals surface area contributed by atoms with Gasteiger partial charge in [0.15, 0.2) is 0 Å². The van der Waals surface area contributed by atoms with Gasteiger partial charge in [0.25, 0.3) is 0 Å². The molecule has 1 aromatic rings. The molecule has 0 spiro atoms. The third kappa shape index (κ3) is 5.72. The maximum atomic E-state index is 11.8. The number of allylic oxidation sites excluding steroid dienone is 4. The van der Waals surface area contributed by atoms with Crippen molar-refractivity contribution < 1.29 is 9.53 Å². The Kier molecular flexibility index (Phi) is 6.86. The molecule has 2 N–H and O–H groups in total. The van der Waals surface area contributed by atoms with E-state index in [-0.39, 0.29) is 23.3 Å². The molecule has 136 valence electrons.